The van der Waals surface area contributed by atoms with Crippen molar-refractivity contribution in [1.82, 2.24) is 0 Å². The number of benzene rings is 2. The van der Waals surface area contributed by atoms with E-state index in [0.717, 1.165) is 5.56 Å². The Balaban J connectivity index is 2.34. The molecule has 0 unspecified atom stereocenters. The van der Waals surface area contributed by atoms with E-state index < -0.39 is 9.84 Å². The highest BCUT2D eigenvalue weighted by Gasteiger charge is 2.17. The van der Waals surface area contributed by atoms with Gasteiger partial charge in [0, 0.05) is 6.54 Å². The Labute approximate surface area is 119 Å². The van der Waals surface area contributed by atoms with Crippen molar-refractivity contribution in [2.45, 2.75) is 18.4 Å². The van der Waals surface area contributed by atoms with Gasteiger partial charge >= 0.3 is 0 Å². The third kappa shape index (κ3) is 3.18. The lowest BCUT2D eigenvalue weighted by atomic mass is 10.2. The molecule has 20 heavy (non-hydrogen) atoms. The lowest BCUT2D eigenvalue weighted by molar-refractivity contribution is 0.467. The summed E-state index contributed by atoms with van der Waals surface area (Å²) in [5, 5.41) is 0. The van der Waals surface area contributed by atoms with E-state index in [4.69, 9.17) is 10.5 Å². The van der Waals surface area contributed by atoms with Crippen LogP contribution in [0.3, 0.4) is 0 Å². The van der Waals surface area contributed by atoms with Gasteiger partial charge in [-0.15, -0.1) is 0 Å². The van der Waals surface area contributed by atoms with Crippen LogP contribution in [0.4, 0.5) is 0 Å². The van der Waals surface area contributed by atoms with Gasteiger partial charge < -0.3 is 10.5 Å². The van der Waals surface area contributed by atoms with Gasteiger partial charge in [0.2, 0.25) is 0 Å². The molecule has 2 rings (SSSR count). The number of para-hydroxylation sites is 1. The molecular weight excluding hydrogens is 274 g/mol. The van der Waals surface area contributed by atoms with Crippen molar-refractivity contribution >= 4 is 9.84 Å². The molecule has 0 fully saturated rings. The Hall–Kier alpha value is -1.85. The SMILES string of the molecule is CCS(=O)(=O)c1ccccc1Oc1ccc(CN)cc1. The average molecular weight is 291 g/mol. The minimum absolute atomic E-state index is 0.0412. The van der Waals surface area contributed by atoms with Crippen LogP contribution in [0.15, 0.2) is 53.4 Å². The van der Waals surface area contributed by atoms with Crippen molar-refractivity contribution in [3.63, 3.8) is 0 Å². The molecule has 2 aromatic carbocycles. The Morgan fingerprint density at radius 1 is 1.05 bits per heavy atom. The first-order valence-electron chi connectivity index (χ1n) is 6.35. The molecule has 0 saturated carbocycles. The Bertz CT molecular complexity index is 679. The second kappa shape index (κ2) is 6.07. The Kier molecular flexibility index (Phi) is 4.42. The molecule has 2 N–H and O–H groups in total. The maximum absolute atomic E-state index is 12.0. The van der Waals surface area contributed by atoms with Crippen LogP contribution in [0.1, 0.15) is 12.5 Å². The number of hydrogen-bond donors (Lipinski definition) is 1. The van der Waals surface area contributed by atoms with Crippen molar-refractivity contribution in [1.29, 1.82) is 0 Å². The molecule has 0 amide bonds. The summed E-state index contributed by atoms with van der Waals surface area (Å²) < 4.78 is 29.7. The molecule has 0 radical (unpaired) electrons. The topological polar surface area (TPSA) is 69.4 Å². The molecular formula is C15H17NO3S. The van der Waals surface area contributed by atoms with E-state index in [-0.39, 0.29) is 10.6 Å². The number of nitrogens with two attached hydrogens (primary N) is 1. The molecule has 0 aromatic heterocycles. The predicted octanol–water partition coefficient (Wildman–Crippen LogP) is 2.73. The summed E-state index contributed by atoms with van der Waals surface area (Å²) >= 11 is 0. The monoisotopic (exact) mass is 291 g/mol. The molecule has 0 aliphatic rings. The van der Waals surface area contributed by atoms with Crippen molar-refractivity contribution in [3.05, 3.63) is 54.1 Å². The summed E-state index contributed by atoms with van der Waals surface area (Å²) in [4.78, 5) is 0.213. The fourth-order valence-corrected chi connectivity index (χ4v) is 2.78. The van der Waals surface area contributed by atoms with E-state index in [9.17, 15) is 8.42 Å². The lowest BCUT2D eigenvalue weighted by Gasteiger charge is -2.11. The minimum atomic E-state index is -3.31. The van der Waals surface area contributed by atoms with Crippen molar-refractivity contribution in [3.8, 4) is 11.5 Å². The first kappa shape index (κ1) is 14.6. The van der Waals surface area contributed by atoms with Gasteiger partial charge in [-0.3, -0.25) is 0 Å². The number of ether oxygens (including phenoxy) is 1. The number of hydrogen-bond acceptors (Lipinski definition) is 4. The van der Waals surface area contributed by atoms with Crippen LogP contribution < -0.4 is 10.5 Å². The second-order valence-corrected chi connectivity index (χ2v) is 6.55. The summed E-state index contributed by atoms with van der Waals surface area (Å²) in [6.07, 6.45) is 0. The quantitative estimate of drug-likeness (QED) is 0.919. The van der Waals surface area contributed by atoms with Gasteiger partial charge in [0.05, 0.1) is 5.75 Å². The summed E-state index contributed by atoms with van der Waals surface area (Å²) in [7, 11) is -3.31. The van der Waals surface area contributed by atoms with Gasteiger partial charge in [-0.2, -0.15) is 0 Å². The van der Waals surface area contributed by atoms with Crippen LogP contribution >= 0.6 is 0 Å². The zero-order valence-corrected chi connectivity index (χ0v) is 12.1. The van der Waals surface area contributed by atoms with Gasteiger partial charge in [-0.25, -0.2) is 8.42 Å². The number of sulfone groups is 1. The largest absolute Gasteiger partial charge is 0.456 e. The fraction of sp³-hybridized carbons (Fsp3) is 0.200. The molecule has 2 aromatic rings. The third-order valence-electron chi connectivity index (χ3n) is 2.95. The van der Waals surface area contributed by atoms with Gasteiger partial charge in [0.25, 0.3) is 0 Å². The van der Waals surface area contributed by atoms with E-state index in [1.54, 1.807) is 43.3 Å². The van der Waals surface area contributed by atoms with Gasteiger partial charge in [0.1, 0.15) is 16.4 Å². The molecule has 0 spiro atoms. The van der Waals surface area contributed by atoms with E-state index in [0.29, 0.717) is 18.0 Å². The summed E-state index contributed by atoms with van der Waals surface area (Å²) in [6, 6.07) is 13.9. The predicted molar refractivity (Wildman–Crippen MR) is 78.6 cm³/mol. The molecule has 0 heterocycles. The van der Waals surface area contributed by atoms with Gasteiger partial charge in [-0.05, 0) is 29.8 Å². The first-order chi connectivity index (χ1) is 9.56. The first-order valence-corrected chi connectivity index (χ1v) is 8.00. The second-order valence-electron chi connectivity index (χ2n) is 4.30. The van der Waals surface area contributed by atoms with Crippen LogP contribution in [0, 0.1) is 0 Å². The molecule has 0 bridgehead atoms. The van der Waals surface area contributed by atoms with Crippen LogP contribution in [0.5, 0.6) is 11.5 Å². The summed E-state index contributed by atoms with van der Waals surface area (Å²) in [5.74, 6) is 0.968. The maximum atomic E-state index is 12.0. The van der Waals surface area contributed by atoms with Crippen molar-refractivity contribution in [2.75, 3.05) is 5.75 Å². The zero-order chi connectivity index (χ0) is 14.6. The van der Waals surface area contributed by atoms with Crippen molar-refractivity contribution in [2.24, 2.45) is 5.73 Å². The molecule has 5 heteroatoms. The van der Waals surface area contributed by atoms with Crippen LogP contribution in [0.2, 0.25) is 0 Å². The number of rotatable bonds is 5. The highest BCUT2D eigenvalue weighted by atomic mass is 32.2. The van der Waals surface area contributed by atoms with Gasteiger partial charge in [0.15, 0.2) is 9.84 Å². The highest BCUT2D eigenvalue weighted by Crippen LogP contribution is 2.29. The van der Waals surface area contributed by atoms with E-state index in [2.05, 4.69) is 0 Å². The Morgan fingerprint density at radius 3 is 2.30 bits per heavy atom. The smallest absolute Gasteiger partial charge is 0.181 e. The normalized spacial score (nSPS) is 11.3. The van der Waals surface area contributed by atoms with Crippen LogP contribution in [-0.4, -0.2) is 14.2 Å². The Morgan fingerprint density at radius 2 is 1.70 bits per heavy atom. The summed E-state index contributed by atoms with van der Waals surface area (Å²) in [5.41, 5.74) is 6.52. The molecule has 0 aliphatic heterocycles. The molecule has 0 saturated heterocycles. The summed E-state index contributed by atoms with van der Waals surface area (Å²) in [6.45, 7) is 2.07. The van der Waals surface area contributed by atoms with E-state index >= 15 is 0 Å². The van der Waals surface area contributed by atoms with Gasteiger partial charge in [-0.1, -0.05) is 31.2 Å². The fourth-order valence-electron chi connectivity index (χ4n) is 1.77. The lowest BCUT2D eigenvalue weighted by Crippen LogP contribution is -2.05. The standard InChI is InChI=1S/C15H17NO3S/c1-2-20(17,18)15-6-4-3-5-14(15)19-13-9-7-12(11-16)8-10-13/h3-10H,2,11,16H2,1H3. The third-order valence-corrected chi connectivity index (χ3v) is 4.72. The van der Waals surface area contributed by atoms with E-state index in [1.807, 2.05) is 12.1 Å². The highest BCUT2D eigenvalue weighted by molar-refractivity contribution is 7.91. The minimum Gasteiger partial charge on any atom is -0.456 e. The zero-order valence-electron chi connectivity index (χ0n) is 11.2. The van der Waals surface area contributed by atoms with Crippen LogP contribution in [0.25, 0.3) is 0 Å². The molecule has 0 atom stereocenters. The average Bonchev–Trinajstić information content (AvgIpc) is 2.48. The molecule has 4 nitrogen and oxygen atoms in total. The van der Waals surface area contributed by atoms with Crippen LogP contribution in [-0.2, 0) is 16.4 Å². The maximum Gasteiger partial charge on any atom is 0.181 e. The van der Waals surface area contributed by atoms with E-state index in [1.165, 1.54) is 0 Å². The van der Waals surface area contributed by atoms with Crippen molar-refractivity contribution < 1.29 is 13.2 Å². The molecule has 0 aliphatic carbocycles. The molecule has 106 valence electrons.